The molecular formula is C11H15Cl2N3S. The van der Waals surface area contributed by atoms with Gasteiger partial charge in [0, 0.05) is 11.3 Å². The number of hydrogen-bond donors (Lipinski definition) is 1. The van der Waals surface area contributed by atoms with Crippen LogP contribution in [0, 0.1) is 0 Å². The van der Waals surface area contributed by atoms with Crippen molar-refractivity contribution >= 4 is 40.8 Å². The first kappa shape index (κ1) is 13.2. The average molecular weight is 292 g/mol. The second kappa shape index (κ2) is 6.12. The van der Waals surface area contributed by atoms with Crippen LogP contribution in [-0.4, -0.2) is 27.5 Å². The Kier molecular flexibility index (Phi) is 4.77. The number of aromatic nitrogens is 2. The van der Waals surface area contributed by atoms with Gasteiger partial charge < -0.3 is 5.32 Å². The van der Waals surface area contributed by atoms with E-state index in [1.807, 2.05) is 11.8 Å². The van der Waals surface area contributed by atoms with E-state index in [-0.39, 0.29) is 5.28 Å². The third-order valence-electron chi connectivity index (χ3n) is 3.06. The highest BCUT2D eigenvalue weighted by molar-refractivity contribution is 7.99. The molecule has 0 amide bonds. The number of hydrogen-bond acceptors (Lipinski definition) is 4. The van der Waals surface area contributed by atoms with Crippen molar-refractivity contribution < 1.29 is 0 Å². The van der Waals surface area contributed by atoms with Crippen LogP contribution in [0.3, 0.4) is 0 Å². The van der Waals surface area contributed by atoms with E-state index in [4.69, 9.17) is 23.2 Å². The monoisotopic (exact) mass is 291 g/mol. The number of halogens is 2. The molecule has 1 aliphatic rings. The van der Waals surface area contributed by atoms with Gasteiger partial charge in [-0.3, -0.25) is 0 Å². The molecule has 0 aliphatic heterocycles. The maximum atomic E-state index is 6.02. The SMILES string of the molecule is CSC1CCC(Nc2nc(Cl)ncc2Cl)CC1. The zero-order valence-corrected chi connectivity index (χ0v) is 11.9. The molecule has 1 N–H and O–H groups in total. The Hall–Kier alpha value is -0.190. The predicted octanol–water partition coefficient (Wildman–Crippen LogP) is 3.87. The minimum Gasteiger partial charge on any atom is -0.366 e. The van der Waals surface area contributed by atoms with Crippen LogP contribution < -0.4 is 5.32 Å². The van der Waals surface area contributed by atoms with Crippen LogP contribution in [0.1, 0.15) is 25.7 Å². The molecule has 6 heteroatoms. The topological polar surface area (TPSA) is 37.8 Å². The van der Waals surface area contributed by atoms with E-state index in [1.165, 1.54) is 19.0 Å². The second-order valence-corrected chi connectivity index (χ2v) is 6.07. The van der Waals surface area contributed by atoms with Crippen molar-refractivity contribution in [2.45, 2.75) is 37.0 Å². The Morgan fingerprint density at radius 1 is 1.29 bits per heavy atom. The number of thioether (sulfide) groups is 1. The highest BCUT2D eigenvalue weighted by atomic mass is 35.5. The quantitative estimate of drug-likeness (QED) is 0.858. The Bertz CT molecular complexity index is 381. The Morgan fingerprint density at radius 2 is 2.00 bits per heavy atom. The maximum absolute atomic E-state index is 6.02. The van der Waals surface area contributed by atoms with Crippen molar-refractivity contribution in [1.29, 1.82) is 0 Å². The van der Waals surface area contributed by atoms with E-state index in [0.717, 1.165) is 18.1 Å². The van der Waals surface area contributed by atoms with Crippen LogP contribution in [-0.2, 0) is 0 Å². The third-order valence-corrected chi connectivity index (χ3v) is 4.66. The third kappa shape index (κ3) is 3.63. The summed E-state index contributed by atoms with van der Waals surface area (Å²) < 4.78 is 0. The van der Waals surface area contributed by atoms with Gasteiger partial charge in [-0.2, -0.15) is 16.7 Å². The average Bonchev–Trinajstić information content (AvgIpc) is 2.35. The molecule has 0 radical (unpaired) electrons. The summed E-state index contributed by atoms with van der Waals surface area (Å²) in [5.74, 6) is 0.652. The van der Waals surface area contributed by atoms with Crippen molar-refractivity contribution in [3.63, 3.8) is 0 Å². The molecule has 1 aromatic heterocycles. The van der Waals surface area contributed by atoms with Crippen LogP contribution in [0.5, 0.6) is 0 Å². The lowest BCUT2D eigenvalue weighted by molar-refractivity contribution is 0.472. The standard InChI is InChI=1S/C11H15Cl2N3S/c1-17-8-4-2-7(3-5-8)15-10-9(12)6-14-11(13)16-10/h6-8H,2-5H2,1H3,(H,14,15,16). The number of rotatable bonds is 3. The first-order chi connectivity index (χ1) is 8.19. The van der Waals surface area contributed by atoms with Gasteiger partial charge in [-0.15, -0.1) is 0 Å². The number of nitrogens with one attached hydrogen (secondary N) is 1. The van der Waals surface area contributed by atoms with E-state index >= 15 is 0 Å². The van der Waals surface area contributed by atoms with E-state index in [9.17, 15) is 0 Å². The maximum Gasteiger partial charge on any atom is 0.224 e. The molecule has 0 spiro atoms. The fraction of sp³-hybridized carbons (Fsp3) is 0.636. The summed E-state index contributed by atoms with van der Waals surface area (Å²) in [4.78, 5) is 7.95. The van der Waals surface area contributed by atoms with Crippen molar-refractivity contribution in [3.05, 3.63) is 16.5 Å². The second-order valence-electron chi connectivity index (χ2n) is 4.19. The molecule has 1 fully saturated rings. The summed E-state index contributed by atoms with van der Waals surface area (Å²) in [6, 6.07) is 0.446. The summed E-state index contributed by atoms with van der Waals surface area (Å²) in [6.07, 6.45) is 8.52. The molecule has 17 heavy (non-hydrogen) atoms. The van der Waals surface area contributed by atoms with Crippen molar-refractivity contribution in [3.8, 4) is 0 Å². The molecule has 1 aliphatic carbocycles. The van der Waals surface area contributed by atoms with Gasteiger partial charge in [0.05, 0.1) is 6.20 Å². The summed E-state index contributed by atoms with van der Waals surface area (Å²) in [5, 5.41) is 4.92. The zero-order chi connectivity index (χ0) is 12.3. The molecule has 94 valence electrons. The Morgan fingerprint density at radius 3 is 2.65 bits per heavy atom. The normalized spacial score (nSPS) is 24.6. The number of anilines is 1. The van der Waals surface area contributed by atoms with Crippen molar-refractivity contribution in [2.24, 2.45) is 0 Å². The lowest BCUT2D eigenvalue weighted by Gasteiger charge is -2.28. The Labute approximate surface area is 116 Å². The summed E-state index contributed by atoms with van der Waals surface area (Å²) in [5.41, 5.74) is 0. The first-order valence-electron chi connectivity index (χ1n) is 5.66. The highest BCUT2D eigenvalue weighted by Crippen LogP contribution is 2.29. The van der Waals surface area contributed by atoms with Gasteiger partial charge in [0.15, 0.2) is 0 Å². The molecule has 1 heterocycles. The van der Waals surface area contributed by atoms with E-state index in [2.05, 4.69) is 21.5 Å². The van der Waals surface area contributed by atoms with Crippen LogP contribution >= 0.6 is 35.0 Å². The lowest BCUT2D eigenvalue weighted by Crippen LogP contribution is -2.27. The van der Waals surface area contributed by atoms with Gasteiger partial charge in [-0.1, -0.05) is 11.6 Å². The van der Waals surface area contributed by atoms with Crippen LogP contribution in [0.25, 0.3) is 0 Å². The van der Waals surface area contributed by atoms with Gasteiger partial charge >= 0.3 is 0 Å². The molecule has 0 unspecified atom stereocenters. The molecule has 1 saturated carbocycles. The van der Waals surface area contributed by atoms with Gasteiger partial charge in [0.25, 0.3) is 0 Å². The van der Waals surface area contributed by atoms with E-state index < -0.39 is 0 Å². The minimum atomic E-state index is 0.231. The van der Waals surface area contributed by atoms with Gasteiger partial charge in [-0.25, -0.2) is 4.98 Å². The molecule has 0 atom stereocenters. The lowest BCUT2D eigenvalue weighted by atomic mass is 9.95. The molecule has 2 rings (SSSR count). The number of nitrogens with zero attached hydrogens (tertiary/aromatic N) is 2. The zero-order valence-electron chi connectivity index (χ0n) is 9.62. The molecule has 0 aromatic carbocycles. The highest BCUT2D eigenvalue weighted by Gasteiger charge is 2.21. The van der Waals surface area contributed by atoms with Crippen molar-refractivity contribution in [1.82, 2.24) is 9.97 Å². The molecule has 0 bridgehead atoms. The summed E-state index contributed by atoms with van der Waals surface area (Å²) in [6.45, 7) is 0. The summed E-state index contributed by atoms with van der Waals surface area (Å²) in [7, 11) is 0. The fourth-order valence-corrected chi connectivity index (χ4v) is 3.11. The van der Waals surface area contributed by atoms with E-state index in [0.29, 0.717) is 16.9 Å². The molecular weight excluding hydrogens is 277 g/mol. The van der Waals surface area contributed by atoms with E-state index in [1.54, 1.807) is 0 Å². The van der Waals surface area contributed by atoms with Crippen LogP contribution in [0.2, 0.25) is 10.3 Å². The van der Waals surface area contributed by atoms with Crippen LogP contribution in [0.15, 0.2) is 6.20 Å². The van der Waals surface area contributed by atoms with Crippen LogP contribution in [0.4, 0.5) is 5.82 Å². The van der Waals surface area contributed by atoms with Gasteiger partial charge in [0.1, 0.15) is 10.8 Å². The Balaban J connectivity index is 1.95. The van der Waals surface area contributed by atoms with Gasteiger partial charge in [0.2, 0.25) is 5.28 Å². The predicted molar refractivity (Wildman–Crippen MR) is 75.2 cm³/mol. The molecule has 3 nitrogen and oxygen atoms in total. The van der Waals surface area contributed by atoms with Crippen molar-refractivity contribution in [2.75, 3.05) is 11.6 Å². The molecule has 1 aromatic rings. The first-order valence-corrected chi connectivity index (χ1v) is 7.71. The van der Waals surface area contributed by atoms with Gasteiger partial charge in [-0.05, 0) is 43.5 Å². The largest absolute Gasteiger partial charge is 0.366 e. The fourth-order valence-electron chi connectivity index (χ4n) is 2.08. The molecule has 0 saturated heterocycles. The smallest absolute Gasteiger partial charge is 0.224 e. The minimum absolute atomic E-state index is 0.231. The summed E-state index contributed by atoms with van der Waals surface area (Å²) >= 11 is 13.7.